The van der Waals surface area contributed by atoms with Crippen LogP contribution in [-0.4, -0.2) is 31.3 Å². The SMILES string of the molecule is COc1ccc(C2CCCN2S(=O)(=O)c2ccc(C)c([N+](=O)[O-])c2)cc1. The van der Waals surface area contributed by atoms with Gasteiger partial charge in [0.2, 0.25) is 10.0 Å². The molecule has 0 radical (unpaired) electrons. The van der Waals surface area contributed by atoms with E-state index in [-0.39, 0.29) is 16.6 Å². The van der Waals surface area contributed by atoms with E-state index in [1.165, 1.54) is 16.4 Å². The van der Waals surface area contributed by atoms with Crippen molar-refractivity contribution in [2.24, 2.45) is 0 Å². The summed E-state index contributed by atoms with van der Waals surface area (Å²) in [7, 11) is -2.25. The molecule has 1 aliphatic heterocycles. The summed E-state index contributed by atoms with van der Waals surface area (Å²) in [5, 5.41) is 11.2. The minimum atomic E-state index is -3.83. The fourth-order valence-corrected chi connectivity index (χ4v) is 4.97. The van der Waals surface area contributed by atoms with Crippen LogP contribution in [0.15, 0.2) is 47.4 Å². The van der Waals surface area contributed by atoms with E-state index in [0.717, 1.165) is 18.1 Å². The predicted molar refractivity (Wildman–Crippen MR) is 96.7 cm³/mol. The summed E-state index contributed by atoms with van der Waals surface area (Å²) in [6.45, 7) is 1.98. The summed E-state index contributed by atoms with van der Waals surface area (Å²) in [6, 6.07) is 11.1. The smallest absolute Gasteiger partial charge is 0.273 e. The zero-order chi connectivity index (χ0) is 18.9. The molecule has 138 valence electrons. The summed E-state index contributed by atoms with van der Waals surface area (Å²) >= 11 is 0. The Morgan fingerprint density at radius 1 is 1.19 bits per heavy atom. The van der Waals surface area contributed by atoms with Gasteiger partial charge in [0.15, 0.2) is 0 Å². The highest BCUT2D eigenvalue weighted by Gasteiger charge is 2.36. The molecule has 1 fully saturated rings. The van der Waals surface area contributed by atoms with Crippen LogP contribution in [0.4, 0.5) is 5.69 Å². The van der Waals surface area contributed by atoms with Crippen molar-refractivity contribution in [3.05, 3.63) is 63.7 Å². The Kier molecular flexibility index (Phi) is 4.97. The van der Waals surface area contributed by atoms with Crippen molar-refractivity contribution in [2.45, 2.75) is 30.7 Å². The van der Waals surface area contributed by atoms with Crippen molar-refractivity contribution in [2.75, 3.05) is 13.7 Å². The molecule has 8 heteroatoms. The molecule has 0 amide bonds. The van der Waals surface area contributed by atoms with Gasteiger partial charge in [-0.05, 0) is 43.5 Å². The Labute approximate surface area is 152 Å². The van der Waals surface area contributed by atoms with Crippen molar-refractivity contribution >= 4 is 15.7 Å². The third-order valence-corrected chi connectivity index (χ3v) is 6.59. The summed E-state index contributed by atoms with van der Waals surface area (Å²) in [6.07, 6.45) is 1.45. The summed E-state index contributed by atoms with van der Waals surface area (Å²) in [4.78, 5) is 10.6. The standard InChI is InChI=1S/C18H20N2O5S/c1-13-5-10-16(12-18(13)20(21)22)26(23,24)19-11-3-4-17(19)14-6-8-15(25-2)9-7-14/h5-10,12,17H,3-4,11H2,1-2H3. The van der Waals surface area contributed by atoms with Crippen molar-refractivity contribution in [1.82, 2.24) is 4.31 Å². The first-order chi connectivity index (χ1) is 12.3. The van der Waals surface area contributed by atoms with Crippen molar-refractivity contribution in [1.29, 1.82) is 0 Å². The lowest BCUT2D eigenvalue weighted by Gasteiger charge is -2.24. The zero-order valence-electron chi connectivity index (χ0n) is 14.6. The number of sulfonamides is 1. The van der Waals surface area contributed by atoms with E-state index in [2.05, 4.69) is 0 Å². The van der Waals surface area contributed by atoms with Gasteiger partial charge in [0.25, 0.3) is 5.69 Å². The second kappa shape index (κ2) is 7.05. The molecule has 3 rings (SSSR count). The molecule has 2 aromatic carbocycles. The van der Waals surface area contributed by atoms with Crippen LogP contribution in [0.1, 0.15) is 30.0 Å². The van der Waals surface area contributed by atoms with E-state index in [1.807, 2.05) is 12.1 Å². The number of aryl methyl sites for hydroxylation is 1. The van der Waals surface area contributed by atoms with Crippen LogP contribution < -0.4 is 4.74 Å². The normalized spacial score (nSPS) is 18.0. The van der Waals surface area contributed by atoms with E-state index in [9.17, 15) is 18.5 Å². The maximum Gasteiger partial charge on any atom is 0.273 e. The van der Waals surface area contributed by atoms with E-state index in [0.29, 0.717) is 24.3 Å². The second-order valence-corrected chi connectivity index (χ2v) is 8.14. The van der Waals surface area contributed by atoms with Gasteiger partial charge in [0, 0.05) is 18.2 Å². The lowest BCUT2D eigenvalue weighted by atomic mass is 10.1. The van der Waals surface area contributed by atoms with Gasteiger partial charge in [-0.1, -0.05) is 18.2 Å². The number of nitro benzene ring substituents is 1. The lowest BCUT2D eigenvalue weighted by molar-refractivity contribution is -0.385. The Morgan fingerprint density at radius 3 is 2.50 bits per heavy atom. The van der Waals surface area contributed by atoms with Crippen LogP contribution in [0.2, 0.25) is 0 Å². The van der Waals surface area contributed by atoms with E-state index in [4.69, 9.17) is 4.74 Å². The topological polar surface area (TPSA) is 89.8 Å². The molecule has 1 atom stereocenters. The number of benzene rings is 2. The summed E-state index contributed by atoms with van der Waals surface area (Å²) < 4.78 is 32.8. The molecule has 0 aliphatic carbocycles. The van der Waals surface area contributed by atoms with Crippen molar-refractivity contribution in [3.63, 3.8) is 0 Å². The number of ether oxygens (including phenoxy) is 1. The van der Waals surface area contributed by atoms with Crippen LogP contribution in [-0.2, 0) is 10.0 Å². The molecule has 0 N–H and O–H groups in total. The van der Waals surface area contributed by atoms with Crippen LogP contribution in [0.5, 0.6) is 5.75 Å². The molecule has 0 bridgehead atoms. The first kappa shape index (κ1) is 18.3. The molecule has 0 aromatic heterocycles. The second-order valence-electron chi connectivity index (χ2n) is 6.25. The Morgan fingerprint density at radius 2 is 1.88 bits per heavy atom. The van der Waals surface area contributed by atoms with E-state index < -0.39 is 14.9 Å². The van der Waals surface area contributed by atoms with Gasteiger partial charge in [0.05, 0.1) is 23.0 Å². The number of rotatable bonds is 5. The van der Waals surface area contributed by atoms with Crippen LogP contribution in [0.25, 0.3) is 0 Å². The molecule has 1 saturated heterocycles. The Balaban J connectivity index is 1.97. The van der Waals surface area contributed by atoms with Gasteiger partial charge in [-0.15, -0.1) is 0 Å². The largest absolute Gasteiger partial charge is 0.497 e. The van der Waals surface area contributed by atoms with Gasteiger partial charge >= 0.3 is 0 Å². The maximum absolute atomic E-state index is 13.1. The van der Waals surface area contributed by atoms with Gasteiger partial charge in [-0.2, -0.15) is 4.31 Å². The highest BCUT2D eigenvalue weighted by molar-refractivity contribution is 7.89. The van der Waals surface area contributed by atoms with Gasteiger partial charge < -0.3 is 4.74 Å². The highest BCUT2D eigenvalue weighted by Crippen LogP contribution is 2.37. The molecular formula is C18H20N2O5S. The third kappa shape index (κ3) is 3.30. The third-order valence-electron chi connectivity index (χ3n) is 4.69. The van der Waals surface area contributed by atoms with Crippen molar-refractivity contribution < 1.29 is 18.1 Å². The average molecular weight is 376 g/mol. The fraction of sp³-hybridized carbons (Fsp3) is 0.333. The molecular weight excluding hydrogens is 356 g/mol. The Hall–Kier alpha value is -2.45. The average Bonchev–Trinajstić information content (AvgIpc) is 3.12. The highest BCUT2D eigenvalue weighted by atomic mass is 32.2. The van der Waals surface area contributed by atoms with Gasteiger partial charge in [-0.3, -0.25) is 10.1 Å². The first-order valence-electron chi connectivity index (χ1n) is 8.25. The monoisotopic (exact) mass is 376 g/mol. The molecule has 7 nitrogen and oxygen atoms in total. The Bertz CT molecular complexity index is 925. The van der Waals surface area contributed by atoms with E-state index in [1.54, 1.807) is 26.2 Å². The number of hydrogen-bond donors (Lipinski definition) is 0. The number of methoxy groups -OCH3 is 1. The molecule has 2 aromatic rings. The predicted octanol–water partition coefficient (Wildman–Crippen LogP) is 3.44. The van der Waals surface area contributed by atoms with Gasteiger partial charge in [0.1, 0.15) is 5.75 Å². The summed E-state index contributed by atoms with van der Waals surface area (Å²) in [5.41, 5.74) is 1.13. The quantitative estimate of drug-likeness (QED) is 0.589. The molecule has 0 spiro atoms. The molecule has 1 unspecified atom stereocenters. The lowest BCUT2D eigenvalue weighted by Crippen LogP contribution is -2.30. The minimum absolute atomic E-state index is 0.0461. The minimum Gasteiger partial charge on any atom is -0.497 e. The first-order valence-corrected chi connectivity index (χ1v) is 9.69. The van der Waals surface area contributed by atoms with Crippen molar-refractivity contribution in [3.8, 4) is 5.75 Å². The molecule has 26 heavy (non-hydrogen) atoms. The van der Waals surface area contributed by atoms with Crippen LogP contribution in [0.3, 0.4) is 0 Å². The molecule has 1 aliphatic rings. The fourth-order valence-electron chi connectivity index (χ4n) is 3.27. The van der Waals surface area contributed by atoms with Crippen LogP contribution >= 0.6 is 0 Å². The molecule has 1 heterocycles. The number of hydrogen-bond acceptors (Lipinski definition) is 5. The molecule has 0 saturated carbocycles. The van der Waals surface area contributed by atoms with Crippen LogP contribution in [0, 0.1) is 17.0 Å². The van der Waals surface area contributed by atoms with E-state index >= 15 is 0 Å². The van der Waals surface area contributed by atoms with Gasteiger partial charge in [-0.25, -0.2) is 8.42 Å². The maximum atomic E-state index is 13.1. The number of nitrogens with zero attached hydrogens (tertiary/aromatic N) is 2. The number of nitro groups is 1. The zero-order valence-corrected chi connectivity index (χ0v) is 15.4. The summed E-state index contributed by atoms with van der Waals surface area (Å²) in [5.74, 6) is 0.704.